The Morgan fingerprint density at radius 3 is 1.36 bits per heavy atom. The number of H-pyrrole nitrogens is 1. The van der Waals surface area contributed by atoms with Crippen LogP contribution >= 0.6 is 22.9 Å². The van der Waals surface area contributed by atoms with Crippen molar-refractivity contribution in [2.24, 2.45) is 0 Å². The van der Waals surface area contributed by atoms with Crippen LogP contribution in [0.2, 0.25) is 5.15 Å². The topological polar surface area (TPSA) is 506 Å². The number of nitrogens with zero attached hydrogens (tertiary/aromatic N) is 22. The number of aromatic amines is 1. The van der Waals surface area contributed by atoms with Crippen LogP contribution in [0.3, 0.4) is 0 Å². The Kier molecular flexibility index (Phi) is 22.1. The molecule has 0 aliphatic heterocycles. The van der Waals surface area contributed by atoms with Crippen molar-refractivity contribution in [1.82, 2.24) is 114 Å². The van der Waals surface area contributed by atoms with E-state index in [4.69, 9.17) is 40.3 Å². The van der Waals surface area contributed by atoms with Crippen molar-refractivity contribution in [2.45, 2.75) is 39.5 Å². The minimum absolute atomic E-state index is 0.00320. The largest absolute Gasteiger partial charge is 0.383 e. The fourth-order valence-electron chi connectivity index (χ4n) is 10.7. The molecule has 0 spiro atoms. The summed E-state index contributed by atoms with van der Waals surface area (Å²) in [5.74, 6) is 2.06. The average Bonchev–Trinajstić information content (AvgIpc) is 1.69. The molecule has 13 heterocycles. The van der Waals surface area contributed by atoms with Crippen molar-refractivity contribution in [3.8, 4) is 39.7 Å². The molecule has 0 saturated carbocycles. The molecule has 0 atom stereocenters. The fourth-order valence-corrected chi connectivity index (χ4v) is 12.8. The summed E-state index contributed by atoms with van der Waals surface area (Å²) in [5, 5.41) is 44.4. The number of carbonyl (C=O) groups excluding carboxylic acids is 2. The van der Waals surface area contributed by atoms with Crippen molar-refractivity contribution in [2.75, 3.05) is 55.1 Å². The number of hydrogen-bond donors (Lipinski definition) is 10. The van der Waals surface area contributed by atoms with E-state index in [0.717, 1.165) is 63.6 Å². The van der Waals surface area contributed by atoms with Gasteiger partial charge in [-0.1, -0.05) is 56.1 Å². The Bertz CT molecular complexity index is 6150. The van der Waals surface area contributed by atoms with Gasteiger partial charge in [0.1, 0.15) is 65.9 Å². The molecule has 0 aliphatic carbocycles. The summed E-state index contributed by atoms with van der Waals surface area (Å²) >= 11 is 7.35. The molecular formula is C70H65ClN32O4S2. The van der Waals surface area contributed by atoms with Crippen LogP contribution in [0.4, 0.5) is 56.6 Å². The molecule has 36 nitrogen and oxygen atoms in total. The zero-order valence-electron chi connectivity index (χ0n) is 57.7. The van der Waals surface area contributed by atoms with Gasteiger partial charge in [0.05, 0.1) is 109 Å². The number of nitrogens with one attached hydrogen (secondary N) is 5. The van der Waals surface area contributed by atoms with E-state index in [2.05, 4.69) is 111 Å². The van der Waals surface area contributed by atoms with E-state index < -0.39 is 10.0 Å². The van der Waals surface area contributed by atoms with Gasteiger partial charge in [-0.2, -0.15) is 41.9 Å². The summed E-state index contributed by atoms with van der Waals surface area (Å²) in [4.78, 5) is 68.3. The first-order chi connectivity index (χ1) is 53.0. The van der Waals surface area contributed by atoms with E-state index in [0.29, 0.717) is 114 Å². The lowest BCUT2D eigenvalue weighted by atomic mass is 10.1. The van der Waals surface area contributed by atoms with Gasteiger partial charge in [0.2, 0.25) is 15.9 Å². The molecule has 0 bridgehead atoms. The number of fused-ring (bicyclic) bond motifs is 5. The average molecular weight is 1520 g/mol. The fraction of sp³-hybridized carbons (Fsp3) is 0.100. The number of aromatic nitrogens is 23. The second-order valence-electron chi connectivity index (χ2n) is 23.4. The van der Waals surface area contributed by atoms with Gasteiger partial charge >= 0.3 is 6.03 Å². The van der Waals surface area contributed by atoms with E-state index in [-0.39, 0.29) is 17.7 Å². The number of amides is 3. The number of nitrogen functional groups attached to an aromatic ring is 5. The number of unbranched alkanes of at least 4 members (excludes halogenated alkanes) is 1. The van der Waals surface area contributed by atoms with Crippen LogP contribution in [0, 0.1) is 0 Å². The highest BCUT2D eigenvalue weighted by atomic mass is 35.5. The Morgan fingerprint density at radius 1 is 0.459 bits per heavy atom. The molecule has 109 heavy (non-hydrogen) atoms. The van der Waals surface area contributed by atoms with E-state index >= 15 is 0 Å². The van der Waals surface area contributed by atoms with Crippen LogP contribution in [0.5, 0.6) is 0 Å². The van der Waals surface area contributed by atoms with Crippen molar-refractivity contribution < 1.29 is 18.0 Å². The molecule has 13 aromatic heterocycles. The van der Waals surface area contributed by atoms with Crippen LogP contribution in [-0.4, -0.2) is 140 Å². The zero-order valence-corrected chi connectivity index (χ0v) is 60.1. The Hall–Kier alpha value is -14.5. The van der Waals surface area contributed by atoms with Crippen molar-refractivity contribution in [3.05, 3.63) is 212 Å². The van der Waals surface area contributed by atoms with Gasteiger partial charge in [0, 0.05) is 47.2 Å². The van der Waals surface area contributed by atoms with Gasteiger partial charge in [0.25, 0.3) is 0 Å². The first kappa shape index (κ1) is 72.8. The molecule has 0 fully saturated rings. The number of urea groups is 1. The molecule has 17 rings (SSSR count). The molecule has 0 saturated heterocycles. The van der Waals surface area contributed by atoms with E-state index in [1.165, 1.54) is 43.0 Å². The number of halogens is 1. The van der Waals surface area contributed by atoms with E-state index in [9.17, 15) is 18.0 Å². The number of nitrogens with two attached hydrogens (primary N) is 5. The Morgan fingerprint density at radius 2 is 0.908 bits per heavy atom. The first-order valence-electron chi connectivity index (χ1n) is 33.1. The van der Waals surface area contributed by atoms with Gasteiger partial charge in [-0.15, -0.1) is 0 Å². The molecule has 548 valence electrons. The van der Waals surface area contributed by atoms with E-state index in [1.54, 1.807) is 109 Å². The maximum atomic E-state index is 12.0. The quantitative estimate of drug-likeness (QED) is 0.0402. The highest BCUT2D eigenvalue weighted by molar-refractivity contribution is 7.92. The summed E-state index contributed by atoms with van der Waals surface area (Å²) in [7, 11) is -3.36. The summed E-state index contributed by atoms with van der Waals surface area (Å²) in [5.41, 5.74) is 40.7. The number of pyridine rings is 1. The van der Waals surface area contributed by atoms with Crippen LogP contribution in [0.1, 0.15) is 39.5 Å². The lowest BCUT2D eigenvalue weighted by Gasteiger charge is -2.09. The standard InChI is InChI=1S/C16H13N7OS.C15H18N6O2S.C15H16N6O.C14H11N7.C10H7ClN6/c17-14-13-7-20-23(15(13)19-9-18-14)12-3-1-10(2-4-12)21-16(24)22-11-5-6-25-8-11;1-2-3-7-24(22,23)20-11-5-4-6-12(8-11)21-15-13(9-19-21)14(16)17-10-18-15;1-2-4-13(22)20-10-5-3-6-11(7-10)21-15-12(8-19-21)14(16)17-9-18-15;15-13-11-7-19-21(14(11)17-8-16-13)10-3-1-2-9(6-10)12-4-5-18-20-12;11-8-3-6(1-2-13-8)17-10-7(4-16-17)9(12)14-5-15-10/h1-9H,(H2,17,18,19)(H2,21,22,24);4-6,8-10,20H,2-3,7H2,1H3,(H2,16,17,18);3,5-9H,2,4H2,1H3,(H,20,22)(H2,16,17,18);1-8H,(H,18,20)(H2,15,16,17);1-5H,(H2,12,14,15). The zero-order chi connectivity index (χ0) is 76.0. The van der Waals surface area contributed by atoms with Crippen molar-refractivity contribution >= 4 is 152 Å². The van der Waals surface area contributed by atoms with Crippen LogP contribution in [0.15, 0.2) is 207 Å². The third-order valence-electron chi connectivity index (χ3n) is 16.0. The lowest BCUT2D eigenvalue weighted by molar-refractivity contribution is -0.116. The van der Waals surface area contributed by atoms with Gasteiger partial charge in [-0.05, 0) is 109 Å². The molecule has 0 aliphatic rings. The summed E-state index contributed by atoms with van der Waals surface area (Å²) in [6, 6.07) is 36.6. The second-order valence-corrected chi connectivity index (χ2v) is 26.4. The number of anilines is 9. The molecule has 0 unspecified atom stereocenters. The minimum atomic E-state index is -3.36. The molecule has 15 N–H and O–H groups in total. The molecule has 3 amide bonds. The normalized spacial score (nSPS) is 11.0. The molecule has 39 heteroatoms. The van der Waals surface area contributed by atoms with E-state index in [1.807, 2.05) is 103 Å². The number of hydrogen-bond acceptors (Lipinski definition) is 27. The Balaban J connectivity index is 0.000000121. The van der Waals surface area contributed by atoms with Gasteiger partial charge < -0.3 is 44.6 Å². The maximum absolute atomic E-state index is 12.0. The number of thiophene rings is 1. The third-order valence-corrected chi connectivity index (χ3v) is 18.2. The van der Waals surface area contributed by atoms with Gasteiger partial charge in [-0.25, -0.2) is 91.4 Å². The third kappa shape index (κ3) is 17.2. The first-order valence-corrected chi connectivity index (χ1v) is 36.1. The summed E-state index contributed by atoms with van der Waals surface area (Å²) in [6.07, 6.45) is 21.2. The molecule has 4 aromatic carbocycles. The van der Waals surface area contributed by atoms with Gasteiger partial charge in [0.15, 0.2) is 28.2 Å². The smallest absolute Gasteiger partial charge is 0.323 e. The number of carbonyl (C=O) groups is 2. The van der Waals surface area contributed by atoms with Crippen LogP contribution in [0.25, 0.3) is 94.9 Å². The molecule has 17 aromatic rings. The molecule has 0 radical (unpaired) electrons. The summed E-state index contributed by atoms with van der Waals surface area (Å²) < 4.78 is 35.0. The number of sulfonamides is 1. The van der Waals surface area contributed by atoms with Crippen LogP contribution in [-0.2, 0) is 14.8 Å². The highest BCUT2D eigenvalue weighted by Crippen LogP contribution is 2.28. The van der Waals surface area contributed by atoms with Gasteiger partial charge in [-0.3, -0.25) is 14.6 Å². The SMILES string of the molecule is CCCC(=O)Nc1cccc(-n2ncc3c(N)ncnc32)c1.CCCCS(=O)(=O)Nc1cccc(-n2ncc3c(N)ncnc32)c1.Nc1ncnc2c1cnn2-c1ccc(NC(=O)Nc2ccsc2)cc1.Nc1ncnc2c1cnn2-c1cccc(-c2ccn[nH]2)c1.Nc1ncnc2c1cnn2-c1ccnc(Cl)c1. The predicted octanol–water partition coefficient (Wildman–Crippen LogP) is 10.4. The Labute approximate surface area is 627 Å². The number of benzene rings is 4. The van der Waals surface area contributed by atoms with Crippen LogP contribution < -0.4 is 49.3 Å². The van der Waals surface area contributed by atoms with Crippen molar-refractivity contribution in [3.63, 3.8) is 0 Å². The molecular weight excluding hydrogens is 1450 g/mol. The van der Waals surface area contributed by atoms with Crippen molar-refractivity contribution in [1.29, 1.82) is 0 Å². The maximum Gasteiger partial charge on any atom is 0.323 e. The second kappa shape index (κ2) is 33.1. The lowest BCUT2D eigenvalue weighted by Crippen LogP contribution is -2.18. The number of rotatable bonds is 16. The summed E-state index contributed by atoms with van der Waals surface area (Å²) in [6.45, 7) is 3.92. The highest BCUT2D eigenvalue weighted by Gasteiger charge is 2.17. The monoisotopic (exact) mass is 1520 g/mol. The predicted molar refractivity (Wildman–Crippen MR) is 419 cm³/mol. The minimum Gasteiger partial charge on any atom is -0.383 e.